The molecule has 88 valence electrons. The van der Waals surface area contributed by atoms with Crippen molar-refractivity contribution in [1.29, 1.82) is 0 Å². The molecule has 0 bridgehead atoms. The summed E-state index contributed by atoms with van der Waals surface area (Å²) in [7, 11) is 0. The average molecular weight is 229 g/mol. The highest BCUT2D eigenvalue weighted by atomic mass is 16.5. The van der Waals surface area contributed by atoms with Gasteiger partial charge in [-0.05, 0) is 19.1 Å². The van der Waals surface area contributed by atoms with Crippen LogP contribution >= 0.6 is 0 Å². The van der Waals surface area contributed by atoms with Gasteiger partial charge in [-0.1, -0.05) is 23.8 Å². The van der Waals surface area contributed by atoms with Crippen molar-refractivity contribution >= 4 is 0 Å². The van der Waals surface area contributed by atoms with Gasteiger partial charge in [-0.2, -0.15) is 0 Å². The van der Waals surface area contributed by atoms with E-state index in [1.54, 1.807) is 12.4 Å². The van der Waals surface area contributed by atoms with Gasteiger partial charge in [0.05, 0.1) is 6.61 Å². The predicted molar refractivity (Wildman–Crippen MR) is 65.7 cm³/mol. The van der Waals surface area contributed by atoms with E-state index in [2.05, 4.69) is 4.98 Å². The molecule has 1 N–H and O–H groups in total. The van der Waals surface area contributed by atoms with Crippen molar-refractivity contribution in [1.82, 2.24) is 4.98 Å². The third kappa shape index (κ3) is 3.04. The van der Waals surface area contributed by atoms with Gasteiger partial charge < -0.3 is 9.84 Å². The quantitative estimate of drug-likeness (QED) is 0.875. The lowest BCUT2D eigenvalue weighted by molar-refractivity contribution is 0.259. The molecule has 3 heteroatoms. The number of ether oxygens (including phenoxy) is 1. The minimum atomic E-state index is -0.00987. The van der Waals surface area contributed by atoms with Crippen molar-refractivity contribution in [2.24, 2.45) is 0 Å². The minimum Gasteiger partial charge on any atom is -0.488 e. The maximum atomic E-state index is 9.25. The molecule has 0 unspecified atom stereocenters. The number of aliphatic hydroxyl groups is 1. The number of hydrogen-bond acceptors (Lipinski definition) is 3. The topological polar surface area (TPSA) is 42.4 Å². The van der Waals surface area contributed by atoms with Crippen LogP contribution in [0.15, 0.2) is 42.7 Å². The van der Waals surface area contributed by atoms with Crippen LogP contribution in [-0.2, 0) is 13.2 Å². The van der Waals surface area contributed by atoms with Crippen LogP contribution in [0.3, 0.4) is 0 Å². The maximum Gasteiger partial charge on any atom is 0.125 e. The SMILES string of the molecule is Cc1ccc(OCc2cccnc2)c(CO)c1. The Morgan fingerprint density at radius 1 is 1.29 bits per heavy atom. The molecule has 0 fully saturated rings. The Morgan fingerprint density at radius 3 is 2.88 bits per heavy atom. The fourth-order valence-corrected chi connectivity index (χ4v) is 1.62. The van der Waals surface area contributed by atoms with Crippen LogP contribution in [0.1, 0.15) is 16.7 Å². The van der Waals surface area contributed by atoms with E-state index in [9.17, 15) is 5.11 Å². The standard InChI is InChI=1S/C14H15NO2/c1-11-4-5-14(13(7-11)9-16)17-10-12-3-2-6-15-8-12/h2-8,16H,9-10H2,1H3. The van der Waals surface area contributed by atoms with Gasteiger partial charge in [0, 0.05) is 23.5 Å². The predicted octanol–water partition coefficient (Wildman–Crippen LogP) is 2.46. The lowest BCUT2D eigenvalue weighted by Crippen LogP contribution is -1.99. The molecule has 0 saturated carbocycles. The highest BCUT2D eigenvalue weighted by Crippen LogP contribution is 2.21. The van der Waals surface area contributed by atoms with Crippen LogP contribution < -0.4 is 4.74 Å². The van der Waals surface area contributed by atoms with Crippen molar-refractivity contribution < 1.29 is 9.84 Å². The summed E-state index contributed by atoms with van der Waals surface area (Å²) in [6.07, 6.45) is 3.50. The molecule has 0 aliphatic rings. The molecule has 0 aliphatic carbocycles. The molecule has 0 atom stereocenters. The molecular formula is C14H15NO2. The fourth-order valence-electron chi connectivity index (χ4n) is 1.62. The van der Waals surface area contributed by atoms with Gasteiger partial charge in [0.1, 0.15) is 12.4 Å². The van der Waals surface area contributed by atoms with E-state index in [0.29, 0.717) is 6.61 Å². The summed E-state index contributed by atoms with van der Waals surface area (Å²) in [5.41, 5.74) is 2.94. The lowest BCUT2D eigenvalue weighted by Gasteiger charge is -2.10. The smallest absolute Gasteiger partial charge is 0.125 e. The Kier molecular flexibility index (Phi) is 3.73. The van der Waals surface area contributed by atoms with Crippen molar-refractivity contribution in [3.63, 3.8) is 0 Å². The molecule has 2 aromatic rings. The summed E-state index contributed by atoms with van der Waals surface area (Å²) in [5, 5.41) is 9.25. The largest absolute Gasteiger partial charge is 0.488 e. The van der Waals surface area contributed by atoms with Crippen LogP contribution in [0.5, 0.6) is 5.75 Å². The highest BCUT2D eigenvalue weighted by Gasteiger charge is 2.03. The molecule has 1 aromatic carbocycles. The Balaban J connectivity index is 2.09. The maximum absolute atomic E-state index is 9.25. The summed E-state index contributed by atoms with van der Waals surface area (Å²) >= 11 is 0. The second-order valence-corrected chi connectivity index (χ2v) is 3.92. The van der Waals surface area contributed by atoms with Gasteiger partial charge in [-0.15, -0.1) is 0 Å². The van der Waals surface area contributed by atoms with E-state index in [1.807, 2.05) is 37.3 Å². The average Bonchev–Trinajstić information content (AvgIpc) is 2.38. The van der Waals surface area contributed by atoms with Gasteiger partial charge in [0.15, 0.2) is 0 Å². The molecule has 0 amide bonds. The van der Waals surface area contributed by atoms with Gasteiger partial charge in [-0.3, -0.25) is 4.98 Å². The van der Waals surface area contributed by atoms with Gasteiger partial charge in [0.25, 0.3) is 0 Å². The van der Waals surface area contributed by atoms with E-state index in [1.165, 1.54) is 0 Å². The third-order valence-electron chi connectivity index (χ3n) is 2.50. The Labute approximate surface area is 101 Å². The van der Waals surface area contributed by atoms with Gasteiger partial charge in [0.2, 0.25) is 0 Å². The molecule has 1 aromatic heterocycles. The molecule has 0 radical (unpaired) electrons. The van der Waals surface area contributed by atoms with Crippen LogP contribution in [0.4, 0.5) is 0 Å². The monoisotopic (exact) mass is 229 g/mol. The van der Waals surface area contributed by atoms with Crippen molar-refractivity contribution in [3.8, 4) is 5.75 Å². The summed E-state index contributed by atoms with van der Waals surface area (Å²) in [5.74, 6) is 0.724. The zero-order valence-corrected chi connectivity index (χ0v) is 9.76. The number of benzene rings is 1. The number of aliphatic hydroxyl groups excluding tert-OH is 1. The van der Waals surface area contributed by atoms with E-state index in [0.717, 1.165) is 22.4 Å². The molecular weight excluding hydrogens is 214 g/mol. The molecule has 2 rings (SSSR count). The third-order valence-corrected chi connectivity index (χ3v) is 2.50. The zero-order valence-electron chi connectivity index (χ0n) is 9.76. The van der Waals surface area contributed by atoms with Crippen molar-refractivity contribution in [2.45, 2.75) is 20.1 Å². The first-order valence-corrected chi connectivity index (χ1v) is 5.51. The Hall–Kier alpha value is -1.87. The highest BCUT2D eigenvalue weighted by molar-refractivity contribution is 5.36. The second-order valence-electron chi connectivity index (χ2n) is 3.92. The van der Waals surface area contributed by atoms with Crippen LogP contribution in [0, 0.1) is 6.92 Å². The number of aryl methyl sites for hydroxylation is 1. The van der Waals surface area contributed by atoms with Gasteiger partial charge in [-0.25, -0.2) is 0 Å². The van der Waals surface area contributed by atoms with Crippen LogP contribution in [0.2, 0.25) is 0 Å². The minimum absolute atomic E-state index is 0.00987. The summed E-state index contributed by atoms with van der Waals surface area (Å²) in [6, 6.07) is 9.62. The molecule has 0 spiro atoms. The summed E-state index contributed by atoms with van der Waals surface area (Å²) in [6.45, 7) is 2.44. The van der Waals surface area contributed by atoms with Crippen molar-refractivity contribution in [2.75, 3.05) is 0 Å². The number of rotatable bonds is 4. The number of pyridine rings is 1. The van der Waals surface area contributed by atoms with E-state index in [-0.39, 0.29) is 6.61 Å². The summed E-state index contributed by atoms with van der Waals surface area (Å²) < 4.78 is 5.67. The molecule has 0 aliphatic heterocycles. The van der Waals surface area contributed by atoms with E-state index in [4.69, 9.17) is 4.74 Å². The number of hydrogen-bond donors (Lipinski definition) is 1. The summed E-state index contributed by atoms with van der Waals surface area (Å²) in [4.78, 5) is 4.02. The van der Waals surface area contributed by atoms with Crippen molar-refractivity contribution in [3.05, 3.63) is 59.4 Å². The normalized spacial score (nSPS) is 10.2. The first-order chi connectivity index (χ1) is 8.29. The number of nitrogens with zero attached hydrogens (tertiary/aromatic N) is 1. The molecule has 0 saturated heterocycles. The first-order valence-electron chi connectivity index (χ1n) is 5.51. The van der Waals surface area contributed by atoms with Gasteiger partial charge >= 0.3 is 0 Å². The molecule has 3 nitrogen and oxygen atoms in total. The number of aromatic nitrogens is 1. The first kappa shape index (κ1) is 11.6. The second kappa shape index (κ2) is 5.46. The fraction of sp³-hybridized carbons (Fsp3) is 0.214. The Bertz CT molecular complexity index is 483. The zero-order chi connectivity index (χ0) is 12.1. The van der Waals surface area contributed by atoms with Crippen LogP contribution in [-0.4, -0.2) is 10.1 Å². The van der Waals surface area contributed by atoms with E-state index < -0.39 is 0 Å². The molecule has 17 heavy (non-hydrogen) atoms. The lowest BCUT2D eigenvalue weighted by atomic mass is 10.1. The van der Waals surface area contributed by atoms with Crippen LogP contribution in [0.25, 0.3) is 0 Å². The Morgan fingerprint density at radius 2 is 2.18 bits per heavy atom. The van der Waals surface area contributed by atoms with E-state index >= 15 is 0 Å². The molecule has 1 heterocycles.